The highest BCUT2D eigenvalue weighted by Crippen LogP contribution is 2.08. The molecule has 0 aliphatic heterocycles. The maximum absolute atomic E-state index is 8.88. The summed E-state index contributed by atoms with van der Waals surface area (Å²) in [6, 6.07) is 2.10. The standard InChI is InChI=1S/C19H20N2O/c1-4-7-11-18(5-2)19(22-6-3)21-15-17-10-8-9-16(14-20)12-13-17/h4-5,7-9,11-13H,1,6,15H2,2-3H3/b11-7-,18-5+,21-19?. The van der Waals surface area contributed by atoms with Gasteiger partial charge >= 0.3 is 0 Å². The number of aliphatic imine (C=N–C) groups is 1. The molecule has 3 heteroatoms. The van der Waals surface area contributed by atoms with E-state index in [1.54, 1.807) is 24.3 Å². The van der Waals surface area contributed by atoms with E-state index in [9.17, 15) is 0 Å². The molecular formula is C19H20N2O. The Kier molecular flexibility index (Phi) is 7.82. The van der Waals surface area contributed by atoms with E-state index in [-0.39, 0.29) is 0 Å². The average molecular weight is 292 g/mol. The van der Waals surface area contributed by atoms with Crippen molar-refractivity contribution < 1.29 is 4.74 Å². The Morgan fingerprint density at radius 2 is 2.32 bits per heavy atom. The van der Waals surface area contributed by atoms with Crippen LogP contribution in [0.5, 0.6) is 0 Å². The number of nitriles is 1. The van der Waals surface area contributed by atoms with Gasteiger partial charge in [0, 0.05) is 11.1 Å². The van der Waals surface area contributed by atoms with Crippen LogP contribution in [-0.4, -0.2) is 19.0 Å². The fourth-order valence-corrected chi connectivity index (χ4v) is 1.68. The molecule has 0 aromatic rings. The summed E-state index contributed by atoms with van der Waals surface area (Å²) in [4.78, 5) is 4.52. The van der Waals surface area contributed by atoms with Gasteiger partial charge in [0.2, 0.25) is 5.90 Å². The summed E-state index contributed by atoms with van der Waals surface area (Å²) >= 11 is 0. The minimum absolute atomic E-state index is 0.439. The Labute approximate surface area is 132 Å². The SMILES string of the molecule is C=C/C=C\C(=C/C)C(=NCC1=C=CC=C(C#N)C=C1)OCC. The van der Waals surface area contributed by atoms with Crippen LogP contribution in [0.3, 0.4) is 0 Å². The molecule has 0 atom stereocenters. The van der Waals surface area contributed by atoms with Crippen LogP contribution in [0, 0.1) is 11.3 Å². The van der Waals surface area contributed by atoms with Crippen LogP contribution in [0.25, 0.3) is 0 Å². The number of nitrogens with zero attached hydrogens (tertiary/aromatic N) is 2. The van der Waals surface area contributed by atoms with E-state index >= 15 is 0 Å². The second-order valence-electron chi connectivity index (χ2n) is 4.30. The predicted octanol–water partition coefficient (Wildman–Crippen LogP) is 4.21. The Morgan fingerprint density at radius 3 is 2.95 bits per heavy atom. The lowest BCUT2D eigenvalue weighted by Crippen LogP contribution is -2.08. The Hall–Kier alpha value is -2.82. The number of hydrogen-bond acceptors (Lipinski definition) is 3. The van der Waals surface area contributed by atoms with E-state index in [1.807, 2.05) is 38.2 Å². The van der Waals surface area contributed by atoms with Crippen molar-refractivity contribution in [1.82, 2.24) is 0 Å². The molecule has 0 radical (unpaired) electrons. The van der Waals surface area contributed by atoms with Crippen molar-refractivity contribution in [2.24, 2.45) is 4.99 Å². The van der Waals surface area contributed by atoms with E-state index in [0.717, 1.165) is 11.1 Å². The van der Waals surface area contributed by atoms with Crippen molar-refractivity contribution in [3.63, 3.8) is 0 Å². The van der Waals surface area contributed by atoms with Gasteiger partial charge in [-0.2, -0.15) is 5.26 Å². The Bertz CT molecular complexity index is 658. The molecule has 0 heterocycles. The first-order valence-electron chi connectivity index (χ1n) is 7.12. The van der Waals surface area contributed by atoms with Gasteiger partial charge in [0.15, 0.2) is 0 Å². The van der Waals surface area contributed by atoms with Gasteiger partial charge in [0.25, 0.3) is 0 Å². The summed E-state index contributed by atoms with van der Waals surface area (Å²) in [5.74, 6) is 0.587. The molecule has 112 valence electrons. The van der Waals surface area contributed by atoms with Gasteiger partial charge in [-0.3, -0.25) is 0 Å². The van der Waals surface area contributed by atoms with Crippen LogP contribution in [0.2, 0.25) is 0 Å². The lowest BCUT2D eigenvalue weighted by molar-refractivity contribution is 0.327. The van der Waals surface area contributed by atoms with Crippen LogP contribution in [0.1, 0.15) is 13.8 Å². The van der Waals surface area contributed by atoms with E-state index in [0.29, 0.717) is 24.6 Å². The van der Waals surface area contributed by atoms with Crippen molar-refractivity contribution in [2.75, 3.05) is 13.2 Å². The topological polar surface area (TPSA) is 45.4 Å². The summed E-state index contributed by atoms with van der Waals surface area (Å²) in [5.41, 5.74) is 5.49. The number of ether oxygens (including phenoxy) is 1. The zero-order valence-electron chi connectivity index (χ0n) is 13.0. The van der Waals surface area contributed by atoms with Crippen molar-refractivity contribution in [1.29, 1.82) is 5.26 Å². The van der Waals surface area contributed by atoms with Crippen molar-refractivity contribution in [3.8, 4) is 6.07 Å². The normalized spacial score (nSPS) is 15.1. The zero-order chi connectivity index (χ0) is 16.2. The molecule has 0 aromatic heterocycles. The van der Waals surface area contributed by atoms with Crippen molar-refractivity contribution >= 4 is 5.90 Å². The molecule has 0 aromatic carbocycles. The molecule has 0 saturated carbocycles. The molecule has 1 aliphatic rings. The van der Waals surface area contributed by atoms with Gasteiger partial charge in [-0.1, -0.05) is 24.8 Å². The van der Waals surface area contributed by atoms with Gasteiger partial charge in [-0.15, -0.1) is 5.73 Å². The molecule has 0 N–H and O–H groups in total. The maximum atomic E-state index is 8.88. The van der Waals surface area contributed by atoms with Crippen LogP contribution in [0.15, 0.2) is 82.6 Å². The van der Waals surface area contributed by atoms with E-state index in [4.69, 9.17) is 10.00 Å². The highest BCUT2D eigenvalue weighted by atomic mass is 16.5. The van der Waals surface area contributed by atoms with E-state index in [2.05, 4.69) is 23.4 Å². The Balaban J connectivity index is 2.93. The Morgan fingerprint density at radius 1 is 1.50 bits per heavy atom. The third-order valence-electron chi connectivity index (χ3n) is 2.77. The summed E-state index contributed by atoms with van der Waals surface area (Å²) in [6.45, 7) is 8.51. The monoisotopic (exact) mass is 292 g/mol. The highest BCUT2D eigenvalue weighted by Gasteiger charge is 2.04. The lowest BCUT2D eigenvalue weighted by Gasteiger charge is -2.08. The quantitative estimate of drug-likeness (QED) is 0.318. The van der Waals surface area contributed by atoms with Crippen molar-refractivity contribution in [2.45, 2.75) is 13.8 Å². The summed E-state index contributed by atoms with van der Waals surface area (Å²) in [6.07, 6.45) is 14.5. The third-order valence-corrected chi connectivity index (χ3v) is 2.77. The minimum atomic E-state index is 0.439. The second-order valence-corrected chi connectivity index (χ2v) is 4.30. The molecule has 3 nitrogen and oxygen atoms in total. The number of rotatable bonds is 6. The van der Waals surface area contributed by atoms with Crippen LogP contribution < -0.4 is 0 Å². The smallest absolute Gasteiger partial charge is 0.216 e. The third kappa shape index (κ3) is 5.66. The molecule has 0 bridgehead atoms. The van der Waals surface area contributed by atoms with Crippen LogP contribution in [-0.2, 0) is 4.74 Å². The fraction of sp³-hybridized carbons (Fsp3) is 0.211. The summed E-state index contributed by atoms with van der Waals surface area (Å²) < 4.78 is 5.61. The largest absolute Gasteiger partial charge is 0.478 e. The van der Waals surface area contributed by atoms with Gasteiger partial charge in [-0.05, 0) is 44.2 Å². The molecule has 0 amide bonds. The first-order chi connectivity index (χ1) is 10.7. The van der Waals surface area contributed by atoms with Gasteiger partial charge in [0.05, 0.1) is 24.8 Å². The first kappa shape index (κ1) is 17.2. The van der Waals surface area contributed by atoms with E-state index < -0.39 is 0 Å². The average Bonchev–Trinajstić information content (AvgIpc) is 2.78. The number of allylic oxidation sites excluding steroid dienone is 6. The summed E-state index contributed by atoms with van der Waals surface area (Å²) in [7, 11) is 0. The van der Waals surface area contributed by atoms with Gasteiger partial charge in [0.1, 0.15) is 0 Å². The maximum Gasteiger partial charge on any atom is 0.216 e. The van der Waals surface area contributed by atoms with E-state index in [1.165, 1.54) is 0 Å². The first-order valence-corrected chi connectivity index (χ1v) is 7.12. The second kappa shape index (κ2) is 9.99. The fourth-order valence-electron chi connectivity index (χ4n) is 1.68. The summed E-state index contributed by atoms with van der Waals surface area (Å²) in [5, 5.41) is 8.88. The molecular weight excluding hydrogens is 272 g/mol. The van der Waals surface area contributed by atoms with Crippen LogP contribution >= 0.6 is 0 Å². The molecule has 22 heavy (non-hydrogen) atoms. The van der Waals surface area contributed by atoms with Gasteiger partial charge in [-0.25, -0.2) is 4.99 Å². The van der Waals surface area contributed by atoms with Crippen LogP contribution in [0.4, 0.5) is 0 Å². The zero-order valence-corrected chi connectivity index (χ0v) is 13.0. The minimum Gasteiger partial charge on any atom is -0.478 e. The van der Waals surface area contributed by atoms with Crippen molar-refractivity contribution in [3.05, 3.63) is 77.6 Å². The van der Waals surface area contributed by atoms with Gasteiger partial charge < -0.3 is 4.74 Å². The molecule has 1 rings (SSSR count). The number of hydrogen-bond donors (Lipinski definition) is 0. The lowest BCUT2D eigenvalue weighted by atomic mass is 10.2. The highest BCUT2D eigenvalue weighted by molar-refractivity contribution is 5.96. The molecule has 0 spiro atoms. The molecule has 1 aliphatic carbocycles. The molecule has 0 unspecified atom stereocenters. The molecule has 0 saturated heterocycles. The molecule has 0 fully saturated rings. The predicted molar refractivity (Wildman–Crippen MR) is 91.5 cm³/mol.